The van der Waals surface area contributed by atoms with Gasteiger partial charge in [-0.05, 0) is 51.0 Å². The number of nitrogens with zero attached hydrogens (tertiary/aromatic N) is 1. The van der Waals surface area contributed by atoms with Crippen LogP contribution in [0.3, 0.4) is 0 Å². The number of nitrogens with two attached hydrogens (primary N) is 1. The molecule has 2 nitrogen and oxygen atoms in total. The zero-order valence-corrected chi connectivity index (χ0v) is 11.8. The van der Waals surface area contributed by atoms with E-state index in [1.54, 1.807) is 0 Å². The summed E-state index contributed by atoms with van der Waals surface area (Å²) in [6, 6.07) is 0. The lowest BCUT2D eigenvalue weighted by molar-refractivity contribution is 0.0709. The van der Waals surface area contributed by atoms with Gasteiger partial charge < -0.3 is 5.73 Å². The van der Waals surface area contributed by atoms with E-state index >= 15 is 0 Å². The van der Waals surface area contributed by atoms with Crippen molar-refractivity contribution in [2.45, 2.75) is 63.8 Å². The lowest BCUT2D eigenvalue weighted by Gasteiger charge is -2.44. The van der Waals surface area contributed by atoms with E-state index in [-0.39, 0.29) is 0 Å². The van der Waals surface area contributed by atoms with Crippen molar-refractivity contribution in [3.8, 4) is 0 Å². The van der Waals surface area contributed by atoms with Crippen LogP contribution in [0.25, 0.3) is 0 Å². The van der Waals surface area contributed by atoms with E-state index in [9.17, 15) is 0 Å². The number of likely N-dealkylation sites (N-methyl/N-ethyl adjacent to an activating group) is 1. The maximum atomic E-state index is 6.15. The highest BCUT2D eigenvalue weighted by atomic mass is 15.2. The highest BCUT2D eigenvalue weighted by molar-refractivity contribution is 4.93. The van der Waals surface area contributed by atoms with Crippen LogP contribution in [0.1, 0.15) is 58.3 Å². The Morgan fingerprint density at radius 3 is 2.47 bits per heavy atom. The van der Waals surface area contributed by atoms with Gasteiger partial charge in [0.15, 0.2) is 0 Å². The smallest absolute Gasteiger partial charge is 0.0328 e. The predicted octanol–water partition coefficient (Wildman–Crippen LogP) is 3.02. The van der Waals surface area contributed by atoms with Gasteiger partial charge in [0.05, 0.1) is 0 Å². The molecule has 17 heavy (non-hydrogen) atoms. The molecule has 0 amide bonds. The number of hydrogen-bond acceptors (Lipinski definition) is 2. The van der Waals surface area contributed by atoms with Gasteiger partial charge in [-0.2, -0.15) is 0 Å². The summed E-state index contributed by atoms with van der Waals surface area (Å²) in [6.45, 7) is 4.53. The number of rotatable bonds is 4. The van der Waals surface area contributed by atoms with Crippen LogP contribution in [-0.2, 0) is 0 Å². The standard InChI is InChI=1S/C15H30N2/c1-13-5-4-9-15(12-16,10-8-13)17(2)11-14-6-3-7-14/h13-14H,3-12,16H2,1-2H3. The van der Waals surface area contributed by atoms with Gasteiger partial charge in [0.25, 0.3) is 0 Å². The molecule has 2 rings (SSSR count). The monoisotopic (exact) mass is 238 g/mol. The van der Waals surface area contributed by atoms with Gasteiger partial charge in [-0.1, -0.05) is 26.2 Å². The Bertz CT molecular complexity index is 237. The Kier molecular flexibility index (Phi) is 4.48. The molecule has 0 aromatic carbocycles. The fourth-order valence-corrected chi connectivity index (χ4v) is 3.56. The van der Waals surface area contributed by atoms with E-state index in [4.69, 9.17) is 5.73 Å². The third-order valence-electron chi connectivity index (χ3n) is 5.39. The van der Waals surface area contributed by atoms with E-state index < -0.39 is 0 Å². The largest absolute Gasteiger partial charge is 0.329 e. The zero-order valence-electron chi connectivity index (χ0n) is 11.8. The molecule has 2 aliphatic rings. The van der Waals surface area contributed by atoms with Gasteiger partial charge in [0, 0.05) is 18.6 Å². The second-order valence-electron chi connectivity index (χ2n) is 6.64. The van der Waals surface area contributed by atoms with Crippen molar-refractivity contribution in [2.75, 3.05) is 20.1 Å². The van der Waals surface area contributed by atoms with E-state index in [0.717, 1.165) is 18.4 Å². The molecule has 0 radical (unpaired) electrons. The summed E-state index contributed by atoms with van der Waals surface area (Å²) in [4.78, 5) is 2.62. The van der Waals surface area contributed by atoms with Gasteiger partial charge in [0.2, 0.25) is 0 Å². The average Bonchev–Trinajstić information content (AvgIpc) is 2.46. The SMILES string of the molecule is CC1CCCC(CN)(N(C)CC2CCC2)CC1. The molecule has 2 aliphatic carbocycles. The summed E-state index contributed by atoms with van der Waals surface area (Å²) in [5, 5.41) is 0. The van der Waals surface area contributed by atoms with Crippen molar-refractivity contribution in [1.82, 2.24) is 4.90 Å². The maximum Gasteiger partial charge on any atom is 0.0328 e. The van der Waals surface area contributed by atoms with Crippen molar-refractivity contribution in [2.24, 2.45) is 17.6 Å². The van der Waals surface area contributed by atoms with E-state index in [1.165, 1.54) is 57.9 Å². The third kappa shape index (κ3) is 3.03. The average molecular weight is 238 g/mol. The maximum absolute atomic E-state index is 6.15. The lowest BCUT2D eigenvalue weighted by Crippen LogP contribution is -2.53. The quantitative estimate of drug-likeness (QED) is 0.763. The van der Waals surface area contributed by atoms with Crippen LogP contribution in [0.4, 0.5) is 0 Å². The first-order chi connectivity index (χ1) is 8.16. The van der Waals surface area contributed by atoms with Crippen molar-refractivity contribution in [1.29, 1.82) is 0 Å². The first-order valence-electron chi connectivity index (χ1n) is 7.57. The molecule has 0 bridgehead atoms. The molecule has 0 spiro atoms. The lowest BCUT2D eigenvalue weighted by atomic mass is 9.82. The third-order valence-corrected chi connectivity index (χ3v) is 5.39. The van der Waals surface area contributed by atoms with Crippen LogP contribution in [0.15, 0.2) is 0 Å². The van der Waals surface area contributed by atoms with Crippen molar-refractivity contribution in [3.63, 3.8) is 0 Å². The highest BCUT2D eigenvalue weighted by Gasteiger charge is 2.36. The Morgan fingerprint density at radius 1 is 1.12 bits per heavy atom. The van der Waals surface area contributed by atoms with Crippen molar-refractivity contribution < 1.29 is 0 Å². The summed E-state index contributed by atoms with van der Waals surface area (Å²) in [7, 11) is 2.32. The molecule has 0 saturated heterocycles. The van der Waals surface area contributed by atoms with E-state index in [0.29, 0.717) is 5.54 Å². The summed E-state index contributed by atoms with van der Waals surface area (Å²) < 4.78 is 0. The van der Waals surface area contributed by atoms with Crippen LogP contribution < -0.4 is 5.73 Å². The molecule has 2 atom stereocenters. The van der Waals surface area contributed by atoms with Crippen molar-refractivity contribution in [3.05, 3.63) is 0 Å². The Labute approximate surface area is 107 Å². The van der Waals surface area contributed by atoms with Crippen LogP contribution in [-0.4, -0.2) is 30.6 Å². The van der Waals surface area contributed by atoms with E-state index in [2.05, 4.69) is 18.9 Å². The molecule has 0 heterocycles. The summed E-state index contributed by atoms with van der Waals surface area (Å²) >= 11 is 0. The first kappa shape index (κ1) is 13.4. The minimum Gasteiger partial charge on any atom is -0.329 e. The Hall–Kier alpha value is -0.0800. The molecule has 0 aliphatic heterocycles. The topological polar surface area (TPSA) is 29.3 Å². The minimum absolute atomic E-state index is 0.320. The van der Waals surface area contributed by atoms with Gasteiger partial charge in [0.1, 0.15) is 0 Å². The zero-order chi connectivity index (χ0) is 12.3. The van der Waals surface area contributed by atoms with Gasteiger partial charge in [-0.25, -0.2) is 0 Å². The molecule has 100 valence electrons. The molecular weight excluding hydrogens is 208 g/mol. The minimum atomic E-state index is 0.320. The summed E-state index contributed by atoms with van der Waals surface area (Å²) in [5.74, 6) is 1.87. The van der Waals surface area contributed by atoms with Crippen LogP contribution in [0, 0.1) is 11.8 Å². The summed E-state index contributed by atoms with van der Waals surface area (Å²) in [6.07, 6.45) is 11.1. The second-order valence-corrected chi connectivity index (χ2v) is 6.64. The first-order valence-corrected chi connectivity index (χ1v) is 7.57. The highest BCUT2D eigenvalue weighted by Crippen LogP contribution is 2.36. The molecule has 2 saturated carbocycles. The molecule has 2 unspecified atom stereocenters. The number of hydrogen-bond donors (Lipinski definition) is 1. The van der Waals surface area contributed by atoms with Crippen LogP contribution in [0.5, 0.6) is 0 Å². The second kappa shape index (κ2) is 5.71. The molecule has 2 fully saturated rings. The van der Waals surface area contributed by atoms with Gasteiger partial charge in [-0.3, -0.25) is 4.90 Å². The fourth-order valence-electron chi connectivity index (χ4n) is 3.56. The molecule has 2 heteroatoms. The van der Waals surface area contributed by atoms with E-state index in [1.807, 2.05) is 0 Å². The fraction of sp³-hybridized carbons (Fsp3) is 1.00. The molecule has 2 N–H and O–H groups in total. The normalized spacial score (nSPS) is 35.6. The predicted molar refractivity (Wildman–Crippen MR) is 74.0 cm³/mol. The summed E-state index contributed by atoms with van der Waals surface area (Å²) in [5.41, 5.74) is 6.47. The molecule has 0 aromatic rings. The van der Waals surface area contributed by atoms with Crippen LogP contribution >= 0.6 is 0 Å². The molecule has 0 aromatic heterocycles. The Morgan fingerprint density at radius 2 is 1.88 bits per heavy atom. The van der Waals surface area contributed by atoms with Gasteiger partial charge in [-0.15, -0.1) is 0 Å². The Balaban J connectivity index is 1.95. The molecular formula is C15H30N2. The van der Waals surface area contributed by atoms with Crippen LogP contribution in [0.2, 0.25) is 0 Å². The van der Waals surface area contributed by atoms with Crippen molar-refractivity contribution >= 4 is 0 Å². The van der Waals surface area contributed by atoms with Gasteiger partial charge >= 0.3 is 0 Å².